The lowest BCUT2D eigenvalue weighted by atomic mass is 10.1. The highest BCUT2D eigenvalue weighted by Gasteiger charge is 2.13. The van der Waals surface area contributed by atoms with Gasteiger partial charge in [0, 0.05) is 42.1 Å². The maximum Gasteiger partial charge on any atom is 0.287 e. The summed E-state index contributed by atoms with van der Waals surface area (Å²) in [5.74, 6) is 0.475. The molecule has 0 fully saturated rings. The molecule has 8 heteroatoms. The van der Waals surface area contributed by atoms with E-state index >= 15 is 0 Å². The molecule has 4 rings (SSSR count). The van der Waals surface area contributed by atoms with Gasteiger partial charge in [0.05, 0.1) is 10.5 Å². The van der Waals surface area contributed by atoms with Crippen LogP contribution in [0.25, 0.3) is 10.9 Å². The van der Waals surface area contributed by atoms with Gasteiger partial charge in [-0.3, -0.25) is 9.78 Å². The number of rotatable bonds is 5. The molecule has 1 amide bonds. The first-order valence-electron chi connectivity index (χ1n) is 9.48. The summed E-state index contributed by atoms with van der Waals surface area (Å²) in [5, 5.41) is 4.46. The van der Waals surface area contributed by atoms with Crippen molar-refractivity contribution in [3.8, 4) is 0 Å². The number of nitrogen functional groups attached to an aromatic ring is 1. The van der Waals surface area contributed by atoms with Gasteiger partial charge in [-0.15, -0.1) is 0 Å². The number of carbonyl (C=O) groups excluding carboxylic acids is 1. The molecular weight excluding hydrogens is 400 g/mol. The van der Waals surface area contributed by atoms with Crippen LogP contribution in [0.1, 0.15) is 38.7 Å². The molecule has 4 aromatic rings. The van der Waals surface area contributed by atoms with Gasteiger partial charge in [-0.1, -0.05) is 17.7 Å². The third-order valence-corrected chi connectivity index (χ3v) is 5.16. The number of nitrogens with one attached hydrogen (secondary N) is 2. The van der Waals surface area contributed by atoms with Crippen LogP contribution in [0, 0.1) is 13.8 Å². The van der Waals surface area contributed by atoms with E-state index in [1.807, 2.05) is 38.1 Å². The second kappa shape index (κ2) is 8.12. The van der Waals surface area contributed by atoms with Gasteiger partial charge in [0.15, 0.2) is 5.82 Å². The predicted molar refractivity (Wildman–Crippen MR) is 117 cm³/mol. The molecule has 3 aromatic heterocycles. The summed E-state index contributed by atoms with van der Waals surface area (Å²) in [6.07, 6.45) is 3.92. The van der Waals surface area contributed by atoms with Gasteiger partial charge in [0.2, 0.25) is 0 Å². The monoisotopic (exact) mass is 420 g/mol. The Labute approximate surface area is 178 Å². The summed E-state index contributed by atoms with van der Waals surface area (Å²) in [4.78, 5) is 28.4. The maximum absolute atomic E-state index is 12.5. The van der Waals surface area contributed by atoms with Crippen molar-refractivity contribution >= 4 is 34.2 Å². The number of aromatic nitrogens is 4. The average molecular weight is 421 g/mol. The van der Waals surface area contributed by atoms with E-state index in [2.05, 4.69) is 25.3 Å². The zero-order valence-corrected chi connectivity index (χ0v) is 17.4. The lowest BCUT2D eigenvalue weighted by Crippen LogP contribution is -2.25. The van der Waals surface area contributed by atoms with Crippen LogP contribution in [0.2, 0.25) is 5.02 Å². The molecule has 1 aromatic carbocycles. The highest BCUT2D eigenvalue weighted by Crippen LogP contribution is 2.20. The Bertz CT molecular complexity index is 1230. The van der Waals surface area contributed by atoms with Crippen LogP contribution in [0.15, 0.2) is 42.7 Å². The standard InChI is InChI=1S/C22H21ClN6O/c1-12-5-20(24)28-13(2)18(12)11-27-22(30)21-26-10-17(29-21)7-14-3-4-19-15(6-14)8-16(23)9-25-19/h3-6,8-10H,7,11H2,1-2H3,(H2,24,28)(H,26,29)(H,27,30). The molecule has 3 heterocycles. The van der Waals surface area contributed by atoms with E-state index in [0.717, 1.165) is 39.0 Å². The van der Waals surface area contributed by atoms with Crippen LogP contribution in [0.5, 0.6) is 0 Å². The zero-order chi connectivity index (χ0) is 21.3. The number of anilines is 1. The second-order valence-corrected chi connectivity index (χ2v) is 7.66. The fourth-order valence-electron chi connectivity index (χ4n) is 3.46. The van der Waals surface area contributed by atoms with Crippen LogP contribution in [0.4, 0.5) is 5.82 Å². The number of nitrogens with two attached hydrogens (primary N) is 1. The summed E-state index contributed by atoms with van der Waals surface area (Å²) in [6, 6.07) is 9.68. The van der Waals surface area contributed by atoms with Crippen LogP contribution >= 0.6 is 11.6 Å². The fourth-order valence-corrected chi connectivity index (χ4v) is 3.62. The quantitative estimate of drug-likeness (QED) is 0.455. The number of hydrogen-bond acceptors (Lipinski definition) is 5. The molecule has 0 bridgehead atoms. The third kappa shape index (κ3) is 4.26. The van der Waals surface area contributed by atoms with E-state index in [9.17, 15) is 4.79 Å². The number of hydrogen-bond donors (Lipinski definition) is 3. The van der Waals surface area contributed by atoms with Crippen molar-refractivity contribution in [3.63, 3.8) is 0 Å². The van der Waals surface area contributed by atoms with E-state index in [-0.39, 0.29) is 11.7 Å². The highest BCUT2D eigenvalue weighted by atomic mass is 35.5. The van der Waals surface area contributed by atoms with Gasteiger partial charge < -0.3 is 16.0 Å². The molecule has 152 valence electrons. The minimum atomic E-state index is -0.272. The smallest absolute Gasteiger partial charge is 0.287 e. The molecule has 0 aliphatic heterocycles. The first-order chi connectivity index (χ1) is 14.4. The molecular formula is C22H21ClN6O. The van der Waals surface area contributed by atoms with Crippen molar-refractivity contribution in [2.45, 2.75) is 26.8 Å². The van der Waals surface area contributed by atoms with Crippen LogP contribution in [0.3, 0.4) is 0 Å². The second-order valence-electron chi connectivity index (χ2n) is 7.23. The molecule has 0 aliphatic rings. The summed E-state index contributed by atoms with van der Waals surface area (Å²) in [6.45, 7) is 4.18. The van der Waals surface area contributed by atoms with Gasteiger partial charge >= 0.3 is 0 Å². The average Bonchev–Trinajstić information content (AvgIpc) is 3.15. The number of fused-ring (bicyclic) bond motifs is 1. The SMILES string of the molecule is Cc1cc(N)nc(C)c1CNC(=O)c1ncc(Cc2ccc3ncc(Cl)cc3c2)[nH]1. The molecule has 4 N–H and O–H groups in total. The highest BCUT2D eigenvalue weighted by molar-refractivity contribution is 6.31. The first kappa shape index (κ1) is 19.8. The minimum Gasteiger partial charge on any atom is -0.384 e. The Hall–Kier alpha value is -3.45. The van der Waals surface area contributed by atoms with Crippen molar-refractivity contribution < 1.29 is 4.79 Å². The molecule has 0 unspecified atom stereocenters. The molecule has 0 saturated carbocycles. The van der Waals surface area contributed by atoms with E-state index < -0.39 is 0 Å². The topological polar surface area (TPSA) is 110 Å². The zero-order valence-electron chi connectivity index (χ0n) is 16.7. The maximum atomic E-state index is 12.5. The number of halogens is 1. The summed E-state index contributed by atoms with van der Waals surface area (Å²) in [5.41, 5.74) is 11.3. The van der Waals surface area contributed by atoms with Gasteiger partial charge in [-0.05, 0) is 54.8 Å². The van der Waals surface area contributed by atoms with Crippen molar-refractivity contribution in [2.75, 3.05) is 5.73 Å². The molecule has 0 saturated heterocycles. The number of carbonyl (C=O) groups is 1. The van der Waals surface area contributed by atoms with E-state index in [1.165, 1.54) is 0 Å². The number of aryl methyl sites for hydroxylation is 2. The molecule has 0 radical (unpaired) electrons. The van der Waals surface area contributed by atoms with Gasteiger partial charge in [-0.2, -0.15) is 0 Å². The van der Waals surface area contributed by atoms with Crippen molar-refractivity contribution in [1.82, 2.24) is 25.3 Å². The Kier molecular flexibility index (Phi) is 5.37. The fraction of sp³-hybridized carbons (Fsp3) is 0.182. The Balaban J connectivity index is 1.44. The molecule has 0 spiro atoms. The molecule has 0 aliphatic carbocycles. The van der Waals surface area contributed by atoms with Gasteiger partial charge in [-0.25, -0.2) is 9.97 Å². The van der Waals surface area contributed by atoms with E-state index in [1.54, 1.807) is 18.5 Å². The van der Waals surface area contributed by atoms with Gasteiger partial charge in [0.25, 0.3) is 5.91 Å². The number of nitrogens with zero attached hydrogens (tertiary/aromatic N) is 3. The number of benzene rings is 1. The van der Waals surface area contributed by atoms with E-state index in [0.29, 0.717) is 23.8 Å². The normalized spacial score (nSPS) is 11.0. The van der Waals surface area contributed by atoms with Crippen LogP contribution in [-0.2, 0) is 13.0 Å². The van der Waals surface area contributed by atoms with Crippen molar-refractivity contribution in [1.29, 1.82) is 0 Å². The number of pyridine rings is 2. The van der Waals surface area contributed by atoms with Crippen LogP contribution < -0.4 is 11.1 Å². The largest absolute Gasteiger partial charge is 0.384 e. The number of amides is 1. The Morgan fingerprint density at radius 2 is 2.00 bits per heavy atom. The van der Waals surface area contributed by atoms with Crippen molar-refractivity contribution in [3.05, 3.63) is 81.7 Å². The number of imidazole rings is 1. The Morgan fingerprint density at radius 1 is 1.17 bits per heavy atom. The summed E-state index contributed by atoms with van der Waals surface area (Å²) >= 11 is 6.04. The molecule has 7 nitrogen and oxygen atoms in total. The molecule has 0 atom stereocenters. The Morgan fingerprint density at radius 3 is 2.80 bits per heavy atom. The number of H-pyrrole nitrogens is 1. The lowest BCUT2D eigenvalue weighted by Gasteiger charge is -2.10. The van der Waals surface area contributed by atoms with Crippen LogP contribution in [-0.4, -0.2) is 25.8 Å². The summed E-state index contributed by atoms with van der Waals surface area (Å²) in [7, 11) is 0. The third-order valence-electron chi connectivity index (χ3n) is 4.95. The lowest BCUT2D eigenvalue weighted by molar-refractivity contribution is 0.0941. The van der Waals surface area contributed by atoms with Crippen molar-refractivity contribution in [2.24, 2.45) is 0 Å². The first-order valence-corrected chi connectivity index (χ1v) is 9.85. The van der Waals surface area contributed by atoms with E-state index in [4.69, 9.17) is 17.3 Å². The summed E-state index contributed by atoms with van der Waals surface area (Å²) < 4.78 is 0. The predicted octanol–water partition coefficient (Wildman–Crippen LogP) is 3.73. The number of aromatic amines is 1. The minimum absolute atomic E-state index is 0.272. The van der Waals surface area contributed by atoms with Gasteiger partial charge in [0.1, 0.15) is 5.82 Å². The molecule has 30 heavy (non-hydrogen) atoms.